The molecule has 2 aromatic rings. The van der Waals surface area contributed by atoms with Gasteiger partial charge in [0.2, 0.25) is 0 Å². The number of nitrogens with zero attached hydrogens (tertiary/aromatic N) is 1. The molecule has 0 bridgehead atoms. The second kappa shape index (κ2) is 6.03. The topological polar surface area (TPSA) is 23.8 Å². The third-order valence-electron chi connectivity index (χ3n) is 2.29. The monoisotopic (exact) mass is 401 g/mol. The van der Waals surface area contributed by atoms with Crippen molar-refractivity contribution in [2.75, 3.05) is 0 Å². The first-order valence-electron chi connectivity index (χ1n) is 4.94. The maximum atomic E-state index is 9.29. The van der Waals surface area contributed by atoms with E-state index in [1.165, 1.54) is 11.3 Å². The Hall–Kier alpha value is -0.600. The van der Waals surface area contributed by atoms with E-state index in [1.54, 1.807) is 0 Å². The molecule has 1 aromatic heterocycles. The molecular weight excluding hydrogens is 397 g/mol. The molecule has 0 saturated heterocycles. The molecule has 0 radical (unpaired) electrons. The van der Waals surface area contributed by atoms with Crippen LogP contribution in [0, 0.1) is 11.3 Å². The van der Waals surface area contributed by atoms with Crippen molar-refractivity contribution in [2.45, 2.75) is 0 Å². The molecule has 0 spiro atoms. The summed E-state index contributed by atoms with van der Waals surface area (Å²) in [4.78, 5) is 0. The van der Waals surface area contributed by atoms with Crippen LogP contribution in [-0.4, -0.2) is 0 Å². The van der Waals surface area contributed by atoms with Gasteiger partial charge < -0.3 is 0 Å². The molecule has 2 rings (SSSR count). The quantitative estimate of drug-likeness (QED) is 0.573. The highest BCUT2D eigenvalue weighted by atomic mass is 79.9. The first-order valence-corrected chi connectivity index (χ1v) is 7.72. The van der Waals surface area contributed by atoms with E-state index in [0.29, 0.717) is 10.6 Å². The van der Waals surface area contributed by atoms with Crippen molar-refractivity contribution in [3.05, 3.63) is 55.1 Å². The van der Waals surface area contributed by atoms with E-state index < -0.39 is 0 Å². The van der Waals surface area contributed by atoms with Crippen LogP contribution >= 0.6 is 54.8 Å². The third-order valence-corrected chi connectivity index (χ3v) is 5.02. The van der Waals surface area contributed by atoms with Crippen molar-refractivity contribution in [2.24, 2.45) is 0 Å². The number of benzene rings is 1. The van der Waals surface area contributed by atoms with Gasteiger partial charge in [-0.3, -0.25) is 0 Å². The molecule has 0 N–H and O–H groups in total. The summed E-state index contributed by atoms with van der Waals surface area (Å²) in [6.45, 7) is 0. The largest absolute Gasteiger partial charge is 0.192 e. The van der Waals surface area contributed by atoms with Gasteiger partial charge in [0.05, 0.1) is 18.2 Å². The van der Waals surface area contributed by atoms with Crippen LogP contribution in [0.25, 0.3) is 10.6 Å². The lowest BCUT2D eigenvalue weighted by Crippen LogP contribution is -1.84. The van der Waals surface area contributed by atoms with Gasteiger partial charge in [0, 0.05) is 5.56 Å². The van der Waals surface area contributed by atoms with Gasteiger partial charge in [0.25, 0.3) is 0 Å². The lowest BCUT2D eigenvalue weighted by molar-refractivity contribution is 1.52. The van der Waals surface area contributed by atoms with Crippen LogP contribution in [0.5, 0.6) is 0 Å². The van der Waals surface area contributed by atoms with Crippen LogP contribution in [0.3, 0.4) is 0 Å². The minimum atomic E-state index is 0.456. The van der Waals surface area contributed by atoms with Crippen molar-refractivity contribution in [3.63, 3.8) is 0 Å². The maximum Gasteiger partial charge on any atom is 0.101 e. The number of halogens is 3. The van der Waals surface area contributed by atoms with Gasteiger partial charge in [-0.25, -0.2) is 0 Å². The number of thiophene rings is 1. The number of hydrogen-bond acceptors (Lipinski definition) is 2. The minimum Gasteiger partial charge on any atom is -0.192 e. The second-order valence-electron chi connectivity index (χ2n) is 3.40. The molecule has 5 heteroatoms. The van der Waals surface area contributed by atoms with Crippen molar-refractivity contribution in [1.29, 1.82) is 5.26 Å². The molecule has 18 heavy (non-hydrogen) atoms. The van der Waals surface area contributed by atoms with Crippen LogP contribution in [0.15, 0.2) is 44.0 Å². The average molecular weight is 404 g/mol. The van der Waals surface area contributed by atoms with Crippen molar-refractivity contribution < 1.29 is 0 Å². The highest BCUT2D eigenvalue weighted by molar-refractivity contribution is 9.12. The Bertz CT molecular complexity index is 641. The zero-order chi connectivity index (χ0) is 13.1. The maximum absolute atomic E-state index is 9.29. The predicted molar refractivity (Wildman–Crippen MR) is 84.4 cm³/mol. The average Bonchev–Trinajstić information content (AvgIpc) is 2.70. The fourth-order valence-electron chi connectivity index (χ4n) is 1.47. The van der Waals surface area contributed by atoms with Crippen LogP contribution in [0.2, 0.25) is 0 Å². The van der Waals surface area contributed by atoms with Gasteiger partial charge in [-0.2, -0.15) is 5.26 Å². The fourth-order valence-corrected chi connectivity index (χ4v) is 4.76. The van der Waals surface area contributed by atoms with Gasteiger partial charge in [-0.05, 0) is 43.5 Å². The molecule has 0 unspecified atom stereocenters. The van der Waals surface area contributed by atoms with Crippen LogP contribution in [0.4, 0.5) is 0 Å². The first-order chi connectivity index (χ1) is 8.63. The number of nitriles is 1. The fraction of sp³-hybridized carbons (Fsp3) is 0. The van der Waals surface area contributed by atoms with Crippen molar-refractivity contribution in [1.82, 2.24) is 0 Å². The molecule has 0 amide bonds. The molecule has 90 valence electrons. The van der Waals surface area contributed by atoms with E-state index in [0.717, 1.165) is 18.7 Å². The summed E-state index contributed by atoms with van der Waals surface area (Å²) < 4.78 is 1.87. The molecule has 1 heterocycles. The van der Waals surface area contributed by atoms with Gasteiger partial charge >= 0.3 is 0 Å². The molecule has 1 nitrogen and oxygen atoms in total. The van der Waals surface area contributed by atoms with E-state index in [1.807, 2.05) is 36.4 Å². The zero-order valence-corrected chi connectivity index (χ0v) is 13.7. The summed E-state index contributed by atoms with van der Waals surface area (Å²) >= 11 is 14.7. The molecule has 1 aromatic carbocycles. The summed E-state index contributed by atoms with van der Waals surface area (Å²) in [7, 11) is 0. The Morgan fingerprint density at radius 1 is 1.22 bits per heavy atom. The Morgan fingerprint density at radius 2 is 1.89 bits per heavy atom. The Morgan fingerprint density at radius 3 is 2.39 bits per heavy atom. The smallest absolute Gasteiger partial charge is 0.101 e. The summed E-state index contributed by atoms with van der Waals surface area (Å²) in [5.41, 5.74) is 2.12. The Kier molecular flexibility index (Phi) is 4.63. The number of hydrogen-bond donors (Lipinski definition) is 0. The van der Waals surface area contributed by atoms with Gasteiger partial charge in [0.15, 0.2) is 0 Å². The van der Waals surface area contributed by atoms with Crippen LogP contribution < -0.4 is 0 Å². The van der Waals surface area contributed by atoms with E-state index >= 15 is 0 Å². The summed E-state index contributed by atoms with van der Waals surface area (Å²) in [6.07, 6.45) is 0. The Labute approximate surface area is 131 Å². The molecule has 0 atom stereocenters. The zero-order valence-electron chi connectivity index (χ0n) is 8.95. The normalized spacial score (nSPS) is 11.9. The second-order valence-corrected chi connectivity index (χ2v) is 7.53. The van der Waals surface area contributed by atoms with E-state index in [-0.39, 0.29) is 0 Å². The van der Waals surface area contributed by atoms with E-state index in [9.17, 15) is 5.26 Å². The summed E-state index contributed by atoms with van der Waals surface area (Å²) in [5.74, 6) is 0. The molecule has 0 fully saturated rings. The Balaban J connectivity index is 2.58. The number of allylic oxidation sites excluding steroid dienone is 1. The lowest BCUT2D eigenvalue weighted by atomic mass is 10.1. The highest BCUT2D eigenvalue weighted by Crippen LogP contribution is 2.40. The standard InChI is InChI=1S/C13H6Br2ClNS/c14-11-6-9(13(15)18-11)12(16)10(7-17)8-4-2-1-3-5-8/h1-6H/b12-10-. The van der Waals surface area contributed by atoms with Gasteiger partial charge in [-0.15, -0.1) is 11.3 Å². The molecule has 0 aliphatic carbocycles. The van der Waals surface area contributed by atoms with Gasteiger partial charge in [0.1, 0.15) is 6.07 Å². The predicted octanol–water partition coefficient (Wildman–Crippen LogP) is 5.90. The SMILES string of the molecule is N#C/C(=C(/Cl)c1cc(Br)sc1Br)c1ccccc1. The third kappa shape index (κ3) is 2.86. The van der Waals surface area contributed by atoms with Crippen LogP contribution in [0.1, 0.15) is 11.1 Å². The highest BCUT2D eigenvalue weighted by Gasteiger charge is 2.14. The lowest BCUT2D eigenvalue weighted by Gasteiger charge is -2.03. The van der Waals surface area contributed by atoms with E-state index in [2.05, 4.69) is 37.9 Å². The molecular formula is C13H6Br2ClNS. The minimum absolute atomic E-state index is 0.456. The van der Waals surface area contributed by atoms with Gasteiger partial charge in [-0.1, -0.05) is 41.9 Å². The first kappa shape index (κ1) is 13.8. The van der Waals surface area contributed by atoms with Crippen molar-refractivity contribution in [3.8, 4) is 6.07 Å². The summed E-state index contributed by atoms with van der Waals surface area (Å²) in [6, 6.07) is 13.5. The molecule has 0 aliphatic rings. The van der Waals surface area contributed by atoms with Crippen molar-refractivity contribution >= 4 is 65.4 Å². The molecule has 0 saturated carbocycles. The molecule has 0 aliphatic heterocycles. The number of rotatable bonds is 2. The van der Waals surface area contributed by atoms with E-state index in [4.69, 9.17) is 11.6 Å². The van der Waals surface area contributed by atoms with Crippen LogP contribution in [-0.2, 0) is 0 Å². The summed E-state index contributed by atoms with van der Waals surface area (Å²) in [5, 5.41) is 9.75.